The molecule has 2 rings (SSSR count). The van der Waals surface area contributed by atoms with E-state index in [4.69, 9.17) is 9.47 Å². The van der Waals surface area contributed by atoms with Crippen LogP contribution in [0.2, 0.25) is 0 Å². The highest BCUT2D eigenvalue weighted by Gasteiger charge is 2.13. The topological polar surface area (TPSA) is 18.5 Å². The van der Waals surface area contributed by atoms with Gasteiger partial charge < -0.3 is 9.47 Å². The van der Waals surface area contributed by atoms with Crippen LogP contribution in [0, 0.1) is 5.92 Å². The zero-order valence-corrected chi connectivity index (χ0v) is 12.0. The lowest BCUT2D eigenvalue weighted by molar-refractivity contribution is 0.0233. The minimum absolute atomic E-state index is 0.170. The van der Waals surface area contributed by atoms with Crippen molar-refractivity contribution in [3.63, 3.8) is 0 Å². The molecule has 0 aliphatic heterocycles. The third-order valence-electron chi connectivity index (χ3n) is 3.88. The predicted octanol–water partition coefficient (Wildman–Crippen LogP) is 4.44. The molecule has 0 bridgehead atoms. The van der Waals surface area contributed by atoms with E-state index in [1.165, 1.54) is 38.5 Å². The summed E-state index contributed by atoms with van der Waals surface area (Å²) in [5.41, 5.74) is 0. The fourth-order valence-electron chi connectivity index (χ4n) is 2.69. The Balaban J connectivity index is 1.55. The largest absolute Gasteiger partial charge is 0.491 e. The van der Waals surface area contributed by atoms with Gasteiger partial charge in [0.1, 0.15) is 12.4 Å². The first-order valence-electron chi connectivity index (χ1n) is 7.64. The molecule has 1 aliphatic carbocycles. The third-order valence-corrected chi connectivity index (χ3v) is 3.88. The van der Waals surface area contributed by atoms with E-state index < -0.39 is 0 Å². The van der Waals surface area contributed by atoms with Crippen molar-refractivity contribution in [2.24, 2.45) is 5.92 Å². The van der Waals surface area contributed by atoms with Crippen LogP contribution in [0.5, 0.6) is 5.75 Å². The van der Waals surface area contributed by atoms with Crippen molar-refractivity contribution < 1.29 is 9.47 Å². The first-order valence-corrected chi connectivity index (χ1v) is 7.64. The van der Waals surface area contributed by atoms with Gasteiger partial charge in [0.05, 0.1) is 6.10 Å². The first-order chi connectivity index (χ1) is 9.34. The van der Waals surface area contributed by atoms with Gasteiger partial charge in [0, 0.05) is 6.61 Å². The maximum atomic E-state index is 5.84. The summed E-state index contributed by atoms with van der Waals surface area (Å²) in [6.45, 7) is 3.60. The van der Waals surface area contributed by atoms with E-state index in [0.717, 1.165) is 18.3 Å². The van der Waals surface area contributed by atoms with Crippen molar-refractivity contribution in [1.29, 1.82) is 0 Å². The molecule has 1 aliphatic rings. The Morgan fingerprint density at radius 3 is 2.58 bits per heavy atom. The van der Waals surface area contributed by atoms with E-state index in [0.29, 0.717) is 6.61 Å². The average molecular weight is 262 g/mol. The van der Waals surface area contributed by atoms with Crippen molar-refractivity contribution in [1.82, 2.24) is 0 Å². The zero-order chi connectivity index (χ0) is 13.3. The van der Waals surface area contributed by atoms with E-state index in [1.807, 2.05) is 30.3 Å². The van der Waals surface area contributed by atoms with Gasteiger partial charge >= 0.3 is 0 Å². The molecule has 0 saturated heterocycles. The number of benzene rings is 1. The molecule has 1 atom stereocenters. The van der Waals surface area contributed by atoms with Crippen LogP contribution < -0.4 is 4.74 Å². The number of para-hydroxylation sites is 1. The van der Waals surface area contributed by atoms with Gasteiger partial charge in [-0.3, -0.25) is 0 Å². The maximum absolute atomic E-state index is 5.84. The van der Waals surface area contributed by atoms with Gasteiger partial charge in [0.15, 0.2) is 0 Å². The second-order valence-electron chi connectivity index (χ2n) is 5.60. The second-order valence-corrected chi connectivity index (χ2v) is 5.60. The lowest BCUT2D eigenvalue weighted by Gasteiger charge is -2.22. The van der Waals surface area contributed by atoms with Gasteiger partial charge in [0.25, 0.3) is 0 Å². The molecular formula is C17H26O2. The Morgan fingerprint density at radius 1 is 1.11 bits per heavy atom. The van der Waals surface area contributed by atoms with E-state index in [-0.39, 0.29) is 6.10 Å². The molecule has 1 aromatic carbocycles. The van der Waals surface area contributed by atoms with E-state index >= 15 is 0 Å². The van der Waals surface area contributed by atoms with Crippen LogP contribution in [0.4, 0.5) is 0 Å². The maximum Gasteiger partial charge on any atom is 0.119 e. The van der Waals surface area contributed by atoms with Crippen molar-refractivity contribution in [2.75, 3.05) is 13.2 Å². The van der Waals surface area contributed by atoms with Crippen LogP contribution in [-0.4, -0.2) is 19.3 Å². The molecule has 0 N–H and O–H groups in total. The number of ether oxygens (including phenoxy) is 2. The summed E-state index contributed by atoms with van der Waals surface area (Å²) in [6.07, 6.45) is 8.45. The van der Waals surface area contributed by atoms with Crippen LogP contribution in [0.1, 0.15) is 45.4 Å². The summed E-state index contributed by atoms with van der Waals surface area (Å²) in [5.74, 6) is 1.82. The van der Waals surface area contributed by atoms with Gasteiger partial charge in [-0.25, -0.2) is 0 Å². The molecule has 1 unspecified atom stereocenters. The molecule has 1 fully saturated rings. The van der Waals surface area contributed by atoms with E-state index in [9.17, 15) is 0 Å². The Kier molecular flexibility index (Phi) is 6.22. The average Bonchev–Trinajstić information content (AvgIpc) is 2.47. The lowest BCUT2D eigenvalue weighted by atomic mass is 9.87. The normalized spacial score (nSPS) is 18.2. The van der Waals surface area contributed by atoms with Crippen LogP contribution >= 0.6 is 0 Å². The van der Waals surface area contributed by atoms with Crippen molar-refractivity contribution in [2.45, 2.75) is 51.6 Å². The number of rotatable bonds is 7. The van der Waals surface area contributed by atoms with Gasteiger partial charge in [-0.2, -0.15) is 0 Å². The SMILES string of the molecule is CC(COc1ccccc1)OCCC1CCCCC1. The molecule has 0 amide bonds. The molecule has 1 aromatic rings. The molecule has 0 aromatic heterocycles. The summed E-state index contributed by atoms with van der Waals surface area (Å²) >= 11 is 0. The van der Waals surface area contributed by atoms with Crippen LogP contribution in [0.25, 0.3) is 0 Å². The van der Waals surface area contributed by atoms with Gasteiger partial charge in [0.2, 0.25) is 0 Å². The summed E-state index contributed by atoms with van der Waals surface area (Å²) in [5, 5.41) is 0. The highest BCUT2D eigenvalue weighted by atomic mass is 16.5. The fraction of sp³-hybridized carbons (Fsp3) is 0.647. The molecule has 19 heavy (non-hydrogen) atoms. The summed E-state index contributed by atoms with van der Waals surface area (Å²) < 4.78 is 11.5. The minimum atomic E-state index is 0.170. The first kappa shape index (κ1) is 14.4. The second kappa shape index (κ2) is 8.21. The predicted molar refractivity (Wildman–Crippen MR) is 78.5 cm³/mol. The summed E-state index contributed by atoms with van der Waals surface area (Å²) in [7, 11) is 0. The molecule has 106 valence electrons. The Bertz CT molecular complexity index is 330. The quantitative estimate of drug-likeness (QED) is 0.723. The molecule has 0 heterocycles. The summed E-state index contributed by atoms with van der Waals surface area (Å²) in [6, 6.07) is 9.94. The fourth-order valence-corrected chi connectivity index (χ4v) is 2.69. The highest BCUT2D eigenvalue weighted by Crippen LogP contribution is 2.26. The molecular weight excluding hydrogens is 236 g/mol. The summed E-state index contributed by atoms with van der Waals surface area (Å²) in [4.78, 5) is 0. The molecule has 1 saturated carbocycles. The van der Waals surface area contributed by atoms with Crippen molar-refractivity contribution in [3.05, 3.63) is 30.3 Å². The minimum Gasteiger partial charge on any atom is -0.491 e. The third kappa shape index (κ3) is 5.65. The molecule has 0 spiro atoms. The Labute approximate surface area is 117 Å². The van der Waals surface area contributed by atoms with Crippen LogP contribution in [0.3, 0.4) is 0 Å². The van der Waals surface area contributed by atoms with E-state index in [1.54, 1.807) is 0 Å². The smallest absolute Gasteiger partial charge is 0.119 e. The zero-order valence-electron chi connectivity index (χ0n) is 12.0. The number of hydrogen-bond donors (Lipinski definition) is 0. The van der Waals surface area contributed by atoms with E-state index in [2.05, 4.69) is 6.92 Å². The van der Waals surface area contributed by atoms with Crippen LogP contribution in [-0.2, 0) is 4.74 Å². The highest BCUT2D eigenvalue weighted by molar-refractivity contribution is 5.20. The molecule has 2 nitrogen and oxygen atoms in total. The lowest BCUT2D eigenvalue weighted by Crippen LogP contribution is -2.20. The number of hydrogen-bond acceptors (Lipinski definition) is 2. The Hall–Kier alpha value is -1.02. The monoisotopic (exact) mass is 262 g/mol. The Morgan fingerprint density at radius 2 is 1.84 bits per heavy atom. The standard InChI is InChI=1S/C17H26O2/c1-15(14-19-17-10-6-3-7-11-17)18-13-12-16-8-4-2-5-9-16/h3,6-7,10-11,15-16H,2,4-5,8-9,12-14H2,1H3. The van der Waals surface area contributed by atoms with Gasteiger partial charge in [-0.1, -0.05) is 50.3 Å². The van der Waals surface area contributed by atoms with Gasteiger partial charge in [-0.15, -0.1) is 0 Å². The molecule has 0 radical (unpaired) electrons. The van der Waals surface area contributed by atoms with Gasteiger partial charge in [-0.05, 0) is 31.4 Å². The van der Waals surface area contributed by atoms with Crippen molar-refractivity contribution >= 4 is 0 Å². The molecule has 2 heteroatoms. The van der Waals surface area contributed by atoms with Crippen LogP contribution in [0.15, 0.2) is 30.3 Å². The van der Waals surface area contributed by atoms with Crippen molar-refractivity contribution in [3.8, 4) is 5.75 Å².